The number of fused-ring (bicyclic) bond motifs is 2. The van der Waals surface area contributed by atoms with Gasteiger partial charge in [-0.3, -0.25) is 14.7 Å². The number of pyridine rings is 1. The van der Waals surface area contributed by atoms with Gasteiger partial charge in [0.1, 0.15) is 12.4 Å². The molecule has 2 aliphatic rings. The van der Waals surface area contributed by atoms with Gasteiger partial charge in [0.25, 0.3) is 0 Å². The molecule has 7 nitrogen and oxygen atoms in total. The molecule has 0 saturated carbocycles. The summed E-state index contributed by atoms with van der Waals surface area (Å²) < 4.78 is 45.3. The Morgan fingerprint density at radius 1 is 1.33 bits per heavy atom. The van der Waals surface area contributed by atoms with Crippen molar-refractivity contribution in [3.8, 4) is 11.8 Å². The molecule has 1 fully saturated rings. The quantitative estimate of drug-likeness (QED) is 0.710. The van der Waals surface area contributed by atoms with Gasteiger partial charge in [0, 0.05) is 12.2 Å². The molecule has 0 unspecified atom stereocenters. The van der Waals surface area contributed by atoms with Gasteiger partial charge in [0.2, 0.25) is 5.91 Å². The van der Waals surface area contributed by atoms with Gasteiger partial charge in [-0.05, 0) is 62.7 Å². The summed E-state index contributed by atoms with van der Waals surface area (Å²) in [6.07, 6.45) is -3.68. The van der Waals surface area contributed by atoms with E-state index in [4.69, 9.17) is 4.74 Å². The number of aromatic nitrogens is 1. The zero-order valence-electron chi connectivity index (χ0n) is 17.9. The summed E-state index contributed by atoms with van der Waals surface area (Å²) in [4.78, 5) is 18.6. The molecule has 0 aliphatic carbocycles. The third-order valence-corrected chi connectivity index (χ3v) is 6.33. The van der Waals surface area contributed by atoms with Crippen LogP contribution in [0.15, 0.2) is 30.5 Å². The fraction of sp³-hybridized carbons (Fsp3) is 0.435. The van der Waals surface area contributed by atoms with E-state index in [9.17, 15) is 28.3 Å². The van der Waals surface area contributed by atoms with E-state index in [1.165, 1.54) is 13.1 Å². The van der Waals surface area contributed by atoms with E-state index in [0.29, 0.717) is 38.0 Å². The number of aliphatic hydroxyl groups excluding tert-OH is 1. The van der Waals surface area contributed by atoms with Crippen molar-refractivity contribution >= 4 is 11.6 Å². The SMILES string of the molecule is C[C@H](O)c1ncc(OCCN2CCC3(CC2)C(=O)Nc2ccc(C#N)cc23)cc1C(F)(F)F. The number of rotatable bonds is 5. The van der Waals surface area contributed by atoms with Crippen molar-refractivity contribution in [1.82, 2.24) is 9.88 Å². The topological polar surface area (TPSA) is 98.5 Å². The molecule has 33 heavy (non-hydrogen) atoms. The number of piperidine rings is 1. The monoisotopic (exact) mass is 460 g/mol. The lowest BCUT2D eigenvalue weighted by Gasteiger charge is -2.37. The van der Waals surface area contributed by atoms with Crippen molar-refractivity contribution in [2.45, 2.75) is 37.5 Å². The second kappa shape index (κ2) is 8.65. The van der Waals surface area contributed by atoms with Crippen LogP contribution in [0, 0.1) is 11.3 Å². The first kappa shape index (κ1) is 23.0. The van der Waals surface area contributed by atoms with Gasteiger partial charge in [0.15, 0.2) is 0 Å². The zero-order valence-corrected chi connectivity index (χ0v) is 17.9. The highest BCUT2D eigenvalue weighted by Gasteiger charge is 2.48. The summed E-state index contributed by atoms with van der Waals surface area (Å²) in [5, 5.41) is 21.7. The number of likely N-dealkylation sites (tertiary alicyclic amines) is 1. The molecule has 0 radical (unpaired) electrons. The van der Waals surface area contributed by atoms with Crippen LogP contribution in [0.4, 0.5) is 18.9 Å². The fourth-order valence-electron chi connectivity index (χ4n) is 4.53. The Labute approximate surface area is 188 Å². The summed E-state index contributed by atoms with van der Waals surface area (Å²) in [6.45, 7) is 3.08. The maximum Gasteiger partial charge on any atom is 0.418 e. The maximum absolute atomic E-state index is 13.3. The molecule has 2 N–H and O–H groups in total. The van der Waals surface area contributed by atoms with Gasteiger partial charge in [0.05, 0.1) is 40.6 Å². The molecule has 1 amide bonds. The summed E-state index contributed by atoms with van der Waals surface area (Å²) in [5.41, 5.74) is -0.0184. The lowest BCUT2D eigenvalue weighted by molar-refractivity contribution is -0.139. The highest BCUT2D eigenvalue weighted by Crippen LogP contribution is 2.45. The number of nitriles is 1. The zero-order chi connectivity index (χ0) is 23.8. The van der Waals surface area contributed by atoms with Crippen LogP contribution in [0.3, 0.4) is 0 Å². The van der Waals surface area contributed by atoms with Gasteiger partial charge in [-0.25, -0.2) is 0 Å². The number of benzene rings is 1. The van der Waals surface area contributed by atoms with E-state index in [1.807, 2.05) is 0 Å². The van der Waals surface area contributed by atoms with Crippen molar-refractivity contribution in [2.24, 2.45) is 0 Å². The first-order valence-corrected chi connectivity index (χ1v) is 10.6. The number of alkyl halides is 3. The van der Waals surface area contributed by atoms with Gasteiger partial charge >= 0.3 is 6.18 Å². The highest BCUT2D eigenvalue weighted by atomic mass is 19.4. The molecular weight excluding hydrogens is 437 g/mol. The third kappa shape index (κ3) is 4.38. The minimum atomic E-state index is -4.65. The summed E-state index contributed by atoms with van der Waals surface area (Å²) in [7, 11) is 0. The number of amides is 1. The minimum Gasteiger partial charge on any atom is -0.491 e. The largest absolute Gasteiger partial charge is 0.491 e. The predicted octanol–water partition coefficient (Wildman–Crippen LogP) is 3.39. The van der Waals surface area contributed by atoms with Crippen molar-refractivity contribution in [3.63, 3.8) is 0 Å². The normalized spacial score (nSPS) is 18.5. The molecule has 0 bridgehead atoms. The van der Waals surface area contributed by atoms with Crippen LogP contribution in [0.1, 0.15) is 48.3 Å². The molecule has 2 aromatic rings. The number of carbonyl (C=O) groups excluding carboxylic acids is 1. The number of hydrogen-bond donors (Lipinski definition) is 2. The van der Waals surface area contributed by atoms with Gasteiger partial charge in [-0.1, -0.05) is 0 Å². The van der Waals surface area contributed by atoms with Gasteiger partial charge in [-0.15, -0.1) is 0 Å². The third-order valence-electron chi connectivity index (χ3n) is 6.33. The lowest BCUT2D eigenvalue weighted by Crippen LogP contribution is -2.47. The van der Waals surface area contributed by atoms with E-state index in [0.717, 1.165) is 17.3 Å². The van der Waals surface area contributed by atoms with Gasteiger partial charge in [-0.2, -0.15) is 18.4 Å². The van der Waals surface area contributed by atoms with E-state index in [-0.39, 0.29) is 18.3 Å². The summed E-state index contributed by atoms with van der Waals surface area (Å²) in [6, 6.07) is 8.17. The average molecular weight is 460 g/mol. The van der Waals surface area contributed by atoms with Crippen molar-refractivity contribution in [2.75, 3.05) is 31.6 Å². The number of hydrogen-bond acceptors (Lipinski definition) is 6. The van der Waals surface area contributed by atoms with Crippen molar-refractivity contribution in [1.29, 1.82) is 5.26 Å². The van der Waals surface area contributed by atoms with Crippen molar-refractivity contribution in [3.05, 3.63) is 52.8 Å². The Hall–Kier alpha value is -3.16. The summed E-state index contributed by atoms with van der Waals surface area (Å²) in [5.74, 6) is -0.0826. The van der Waals surface area contributed by atoms with E-state index in [2.05, 4.69) is 21.3 Å². The van der Waals surface area contributed by atoms with Crippen LogP contribution >= 0.6 is 0 Å². The Bertz CT molecular complexity index is 1100. The molecule has 174 valence electrons. The van der Waals surface area contributed by atoms with E-state index < -0.39 is 29.0 Å². The Morgan fingerprint density at radius 2 is 2.06 bits per heavy atom. The number of ether oxygens (including phenoxy) is 1. The highest BCUT2D eigenvalue weighted by molar-refractivity contribution is 6.06. The number of aliphatic hydroxyl groups is 1. The summed E-state index contributed by atoms with van der Waals surface area (Å²) >= 11 is 0. The maximum atomic E-state index is 13.3. The Kier molecular flexibility index (Phi) is 6.03. The van der Waals surface area contributed by atoms with Crippen LogP contribution in [-0.4, -0.2) is 47.1 Å². The number of nitrogens with one attached hydrogen (secondary N) is 1. The minimum absolute atomic E-state index is 0.0201. The number of carbonyl (C=O) groups is 1. The van der Waals surface area contributed by atoms with Crippen molar-refractivity contribution < 1.29 is 27.8 Å². The number of halogens is 3. The van der Waals surface area contributed by atoms with Crippen LogP contribution in [0.5, 0.6) is 5.75 Å². The molecule has 1 aromatic heterocycles. The molecule has 10 heteroatoms. The smallest absolute Gasteiger partial charge is 0.418 e. The molecule has 1 aromatic carbocycles. The fourth-order valence-corrected chi connectivity index (χ4v) is 4.53. The first-order valence-electron chi connectivity index (χ1n) is 10.6. The molecule has 3 heterocycles. The second-order valence-electron chi connectivity index (χ2n) is 8.38. The van der Waals surface area contributed by atoms with Crippen LogP contribution < -0.4 is 10.1 Å². The van der Waals surface area contributed by atoms with Crippen LogP contribution in [0.25, 0.3) is 0 Å². The Morgan fingerprint density at radius 3 is 2.70 bits per heavy atom. The van der Waals surface area contributed by atoms with Crippen LogP contribution in [-0.2, 0) is 16.4 Å². The number of anilines is 1. The van der Waals surface area contributed by atoms with Gasteiger partial charge < -0.3 is 15.2 Å². The van der Waals surface area contributed by atoms with E-state index in [1.54, 1.807) is 18.2 Å². The molecule has 4 rings (SSSR count). The average Bonchev–Trinajstić information content (AvgIpc) is 3.04. The molecule has 1 atom stereocenters. The van der Waals surface area contributed by atoms with E-state index >= 15 is 0 Å². The molecule has 2 aliphatic heterocycles. The Balaban J connectivity index is 1.37. The lowest BCUT2D eigenvalue weighted by atomic mass is 9.73. The molecule has 1 saturated heterocycles. The predicted molar refractivity (Wildman–Crippen MR) is 113 cm³/mol. The van der Waals surface area contributed by atoms with Crippen LogP contribution in [0.2, 0.25) is 0 Å². The molecular formula is C23H23F3N4O3. The standard InChI is InChI=1S/C23H23F3N4O3/c1-14(31)20-18(23(24,25)26)11-16(13-28-20)33-9-8-30-6-4-22(5-7-30)17-10-15(12-27)2-3-19(17)29-21(22)32/h2-3,10-11,13-14,31H,4-9H2,1H3,(H,29,32)/t14-/m0/s1. The number of nitrogens with zero attached hydrogens (tertiary/aromatic N) is 3. The molecule has 1 spiro atoms. The first-order chi connectivity index (χ1) is 15.6. The second-order valence-corrected chi connectivity index (χ2v) is 8.38.